The molecule has 2 aromatic rings. The summed E-state index contributed by atoms with van der Waals surface area (Å²) in [6.07, 6.45) is 3.05. The van der Waals surface area contributed by atoms with E-state index in [0.29, 0.717) is 6.04 Å². The van der Waals surface area contributed by atoms with E-state index in [1.54, 1.807) is 6.92 Å². The molecule has 2 nitrogen and oxygen atoms in total. The fraction of sp³-hybridized carbons (Fsp3) is 0.357. The third-order valence-electron chi connectivity index (χ3n) is 3.19. The topological polar surface area (TPSA) is 22.0 Å². The Labute approximate surface area is 95.9 Å². The van der Waals surface area contributed by atoms with Crippen LogP contribution in [0.1, 0.15) is 43.6 Å². The van der Waals surface area contributed by atoms with Gasteiger partial charge >= 0.3 is 0 Å². The van der Waals surface area contributed by atoms with Gasteiger partial charge in [-0.3, -0.25) is 4.79 Å². The maximum absolute atomic E-state index is 11.6. The van der Waals surface area contributed by atoms with Crippen molar-refractivity contribution >= 4 is 16.7 Å². The summed E-state index contributed by atoms with van der Waals surface area (Å²) < 4.78 is 2.20. The molecule has 0 saturated carbocycles. The van der Waals surface area contributed by atoms with Crippen LogP contribution >= 0.6 is 0 Å². The SMILES string of the molecule is CCC(C)n1cc(C(C)=O)c2ccccc21. The molecule has 0 radical (unpaired) electrons. The fourth-order valence-electron chi connectivity index (χ4n) is 2.05. The number of carbonyl (C=O) groups excluding carboxylic acids is 1. The zero-order valence-corrected chi connectivity index (χ0v) is 10.0. The minimum Gasteiger partial charge on any atom is -0.344 e. The molecule has 2 heteroatoms. The van der Waals surface area contributed by atoms with Crippen molar-refractivity contribution in [1.29, 1.82) is 0 Å². The number of hydrogen-bond donors (Lipinski definition) is 0. The zero-order valence-electron chi connectivity index (χ0n) is 10.0. The Hall–Kier alpha value is -1.57. The van der Waals surface area contributed by atoms with Gasteiger partial charge in [-0.25, -0.2) is 0 Å². The van der Waals surface area contributed by atoms with E-state index >= 15 is 0 Å². The molecule has 0 spiro atoms. The fourth-order valence-corrected chi connectivity index (χ4v) is 2.05. The second-order valence-electron chi connectivity index (χ2n) is 4.28. The normalized spacial score (nSPS) is 12.9. The van der Waals surface area contributed by atoms with Crippen molar-refractivity contribution in [3.05, 3.63) is 36.0 Å². The minimum atomic E-state index is 0.137. The Morgan fingerprint density at radius 3 is 2.69 bits per heavy atom. The van der Waals surface area contributed by atoms with Crippen LogP contribution in [0.15, 0.2) is 30.5 Å². The van der Waals surface area contributed by atoms with E-state index in [9.17, 15) is 4.79 Å². The highest BCUT2D eigenvalue weighted by molar-refractivity contribution is 6.06. The average Bonchev–Trinajstić information content (AvgIpc) is 2.67. The van der Waals surface area contributed by atoms with Crippen LogP contribution in [0.5, 0.6) is 0 Å². The number of fused-ring (bicyclic) bond motifs is 1. The Morgan fingerprint density at radius 1 is 1.38 bits per heavy atom. The van der Waals surface area contributed by atoms with E-state index in [1.165, 1.54) is 0 Å². The summed E-state index contributed by atoms with van der Waals surface area (Å²) in [6, 6.07) is 8.53. The van der Waals surface area contributed by atoms with E-state index in [1.807, 2.05) is 24.4 Å². The first-order valence-corrected chi connectivity index (χ1v) is 5.75. The number of ketones is 1. The van der Waals surface area contributed by atoms with E-state index in [2.05, 4.69) is 24.5 Å². The number of aromatic nitrogens is 1. The lowest BCUT2D eigenvalue weighted by Crippen LogP contribution is -2.01. The Bertz CT molecular complexity index is 525. The molecular weight excluding hydrogens is 198 g/mol. The summed E-state index contributed by atoms with van der Waals surface area (Å²) in [5.74, 6) is 0.137. The average molecular weight is 215 g/mol. The molecule has 0 aliphatic carbocycles. The van der Waals surface area contributed by atoms with Crippen LogP contribution < -0.4 is 0 Å². The summed E-state index contributed by atoms with van der Waals surface area (Å²) >= 11 is 0. The highest BCUT2D eigenvalue weighted by Crippen LogP contribution is 2.26. The standard InChI is InChI=1S/C14H17NO/c1-4-10(2)15-9-13(11(3)16)12-7-5-6-8-14(12)15/h5-10H,4H2,1-3H3. The first-order chi connectivity index (χ1) is 7.65. The number of para-hydroxylation sites is 1. The molecule has 0 saturated heterocycles. The minimum absolute atomic E-state index is 0.137. The molecule has 84 valence electrons. The summed E-state index contributed by atoms with van der Waals surface area (Å²) in [5.41, 5.74) is 1.98. The third-order valence-corrected chi connectivity index (χ3v) is 3.19. The second kappa shape index (κ2) is 4.12. The lowest BCUT2D eigenvalue weighted by molar-refractivity contribution is 0.101. The van der Waals surface area contributed by atoms with Crippen molar-refractivity contribution in [3.8, 4) is 0 Å². The van der Waals surface area contributed by atoms with Gasteiger partial charge in [-0.05, 0) is 26.3 Å². The molecular formula is C14H17NO. The van der Waals surface area contributed by atoms with Crippen LogP contribution in [-0.2, 0) is 0 Å². The predicted molar refractivity (Wildman–Crippen MR) is 66.9 cm³/mol. The summed E-state index contributed by atoms with van der Waals surface area (Å²) in [5, 5.41) is 1.07. The molecule has 0 N–H and O–H groups in total. The number of hydrogen-bond acceptors (Lipinski definition) is 1. The monoisotopic (exact) mass is 215 g/mol. The predicted octanol–water partition coefficient (Wildman–Crippen LogP) is 3.81. The molecule has 0 fully saturated rings. The first kappa shape index (κ1) is 10.9. The van der Waals surface area contributed by atoms with E-state index < -0.39 is 0 Å². The maximum atomic E-state index is 11.6. The van der Waals surface area contributed by atoms with Gasteiger partial charge in [0.2, 0.25) is 0 Å². The van der Waals surface area contributed by atoms with Gasteiger partial charge in [0.05, 0.1) is 0 Å². The number of benzene rings is 1. The van der Waals surface area contributed by atoms with Gasteiger partial charge in [-0.1, -0.05) is 25.1 Å². The van der Waals surface area contributed by atoms with Crippen molar-refractivity contribution in [2.45, 2.75) is 33.2 Å². The Morgan fingerprint density at radius 2 is 2.06 bits per heavy atom. The summed E-state index contributed by atoms with van der Waals surface area (Å²) in [7, 11) is 0. The van der Waals surface area contributed by atoms with Crippen LogP contribution in [-0.4, -0.2) is 10.4 Å². The molecule has 0 aliphatic rings. The molecule has 1 aromatic heterocycles. The number of rotatable bonds is 3. The van der Waals surface area contributed by atoms with Gasteiger partial charge in [0.15, 0.2) is 5.78 Å². The quantitative estimate of drug-likeness (QED) is 0.713. The lowest BCUT2D eigenvalue weighted by atomic mass is 10.1. The lowest BCUT2D eigenvalue weighted by Gasteiger charge is -2.12. The third kappa shape index (κ3) is 1.64. The van der Waals surface area contributed by atoms with E-state index in [-0.39, 0.29) is 5.78 Å². The van der Waals surface area contributed by atoms with Crippen molar-refractivity contribution in [2.75, 3.05) is 0 Å². The highest BCUT2D eigenvalue weighted by atomic mass is 16.1. The molecule has 0 bridgehead atoms. The molecule has 1 atom stereocenters. The molecule has 0 aliphatic heterocycles. The van der Waals surface area contributed by atoms with E-state index in [0.717, 1.165) is 22.9 Å². The van der Waals surface area contributed by atoms with Gasteiger partial charge in [0.25, 0.3) is 0 Å². The van der Waals surface area contributed by atoms with Crippen molar-refractivity contribution in [3.63, 3.8) is 0 Å². The zero-order chi connectivity index (χ0) is 11.7. The van der Waals surface area contributed by atoms with Crippen molar-refractivity contribution in [2.24, 2.45) is 0 Å². The highest BCUT2D eigenvalue weighted by Gasteiger charge is 2.13. The molecule has 1 unspecified atom stereocenters. The summed E-state index contributed by atoms with van der Waals surface area (Å²) in [6.45, 7) is 5.96. The molecule has 2 rings (SSSR count). The van der Waals surface area contributed by atoms with Gasteiger partial charge in [-0.15, -0.1) is 0 Å². The van der Waals surface area contributed by atoms with Gasteiger partial charge in [0, 0.05) is 28.7 Å². The number of Topliss-reactive ketones (excluding diaryl/α,β-unsaturated/α-hetero) is 1. The Kier molecular flexibility index (Phi) is 2.82. The van der Waals surface area contributed by atoms with Crippen molar-refractivity contribution in [1.82, 2.24) is 4.57 Å². The molecule has 1 heterocycles. The van der Waals surface area contributed by atoms with Crippen LogP contribution in [0.25, 0.3) is 10.9 Å². The maximum Gasteiger partial charge on any atom is 0.161 e. The molecule has 1 aromatic carbocycles. The van der Waals surface area contributed by atoms with Crippen LogP contribution in [0.2, 0.25) is 0 Å². The van der Waals surface area contributed by atoms with Crippen LogP contribution in [0, 0.1) is 0 Å². The molecule has 0 amide bonds. The van der Waals surface area contributed by atoms with Gasteiger partial charge in [-0.2, -0.15) is 0 Å². The second-order valence-corrected chi connectivity index (χ2v) is 4.28. The molecule has 16 heavy (non-hydrogen) atoms. The number of nitrogens with zero attached hydrogens (tertiary/aromatic N) is 1. The van der Waals surface area contributed by atoms with Crippen molar-refractivity contribution < 1.29 is 4.79 Å². The van der Waals surface area contributed by atoms with Gasteiger partial charge in [0.1, 0.15) is 0 Å². The van der Waals surface area contributed by atoms with E-state index in [4.69, 9.17) is 0 Å². The number of carbonyl (C=O) groups is 1. The largest absolute Gasteiger partial charge is 0.344 e. The summed E-state index contributed by atoms with van der Waals surface area (Å²) in [4.78, 5) is 11.6. The van der Waals surface area contributed by atoms with Crippen LogP contribution in [0.3, 0.4) is 0 Å². The smallest absolute Gasteiger partial charge is 0.161 e. The van der Waals surface area contributed by atoms with Crippen LogP contribution in [0.4, 0.5) is 0 Å². The first-order valence-electron chi connectivity index (χ1n) is 5.75. The Balaban J connectivity index is 2.71. The van der Waals surface area contributed by atoms with Gasteiger partial charge < -0.3 is 4.57 Å².